The number of anilines is 1. The van der Waals surface area contributed by atoms with E-state index in [0.717, 1.165) is 44.7 Å². The Balaban J connectivity index is 1.55. The lowest BCUT2D eigenvalue weighted by atomic mass is 10.1. The number of urea groups is 1. The Kier molecular flexibility index (Phi) is 4.29. The summed E-state index contributed by atoms with van der Waals surface area (Å²) in [6, 6.07) is 8.76. The van der Waals surface area contributed by atoms with Crippen LogP contribution in [-0.4, -0.2) is 38.4 Å². The third kappa shape index (κ3) is 3.88. The second-order valence-corrected chi connectivity index (χ2v) is 5.80. The Morgan fingerprint density at radius 3 is 2.52 bits per heavy atom. The number of hydrogen-bond acceptors (Lipinski definition) is 3. The highest BCUT2D eigenvalue weighted by molar-refractivity contribution is 5.75. The number of morpholine rings is 1. The topological polar surface area (TPSA) is 53.6 Å². The third-order valence-corrected chi connectivity index (χ3v) is 4.03. The Morgan fingerprint density at radius 2 is 1.90 bits per heavy atom. The molecule has 2 N–H and O–H groups in total. The highest BCUT2D eigenvalue weighted by Gasteiger charge is 2.23. The van der Waals surface area contributed by atoms with Crippen LogP contribution in [0, 0.1) is 0 Å². The number of benzene rings is 1. The first kappa shape index (κ1) is 14.2. The zero-order valence-electron chi connectivity index (χ0n) is 12.5. The molecule has 2 fully saturated rings. The lowest BCUT2D eigenvalue weighted by molar-refractivity contribution is 0.122. The van der Waals surface area contributed by atoms with Crippen LogP contribution in [-0.2, 0) is 4.74 Å². The number of carbonyl (C=O) groups is 1. The zero-order valence-corrected chi connectivity index (χ0v) is 12.5. The van der Waals surface area contributed by atoms with Gasteiger partial charge in [0.15, 0.2) is 0 Å². The average molecular weight is 289 g/mol. The summed E-state index contributed by atoms with van der Waals surface area (Å²) in [6.45, 7) is 5.48. The van der Waals surface area contributed by atoms with Crippen molar-refractivity contribution in [3.05, 3.63) is 29.8 Å². The van der Waals surface area contributed by atoms with E-state index >= 15 is 0 Å². The molecule has 2 aliphatic rings. The molecule has 1 atom stereocenters. The standard InChI is InChI=1S/C16H23N3O2/c1-12(17-16(20)18-14-4-5-14)13-2-6-15(7-3-13)19-8-10-21-11-9-19/h2-3,6-7,12,14H,4-5,8-11H2,1H3,(H2,17,18,20). The van der Waals surface area contributed by atoms with Gasteiger partial charge in [-0.1, -0.05) is 12.1 Å². The first-order chi connectivity index (χ1) is 10.2. The minimum atomic E-state index is -0.0674. The van der Waals surface area contributed by atoms with Gasteiger partial charge in [0.05, 0.1) is 19.3 Å². The normalized spacial score (nSPS) is 20.0. The Hall–Kier alpha value is -1.75. The van der Waals surface area contributed by atoms with Crippen LogP contribution in [0.3, 0.4) is 0 Å². The van der Waals surface area contributed by atoms with Crippen LogP contribution in [0.2, 0.25) is 0 Å². The summed E-state index contributed by atoms with van der Waals surface area (Å²) in [6.07, 6.45) is 2.21. The number of rotatable bonds is 4. The molecular formula is C16H23N3O2. The molecule has 1 saturated heterocycles. The van der Waals surface area contributed by atoms with Crippen molar-refractivity contribution in [3.63, 3.8) is 0 Å². The molecule has 0 bridgehead atoms. The first-order valence-electron chi connectivity index (χ1n) is 7.72. The number of nitrogens with zero attached hydrogens (tertiary/aromatic N) is 1. The van der Waals surface area contributed by atoms with Gasteiger partial charge in [0.25, 0.3) is 0 Å². The summed E-state index contributed by atoms with van der Waals surface area (Å²) in [7, 11) is 0. The molecule has 1 saturated carbocycles. The molecular weight excluding hydrogens is 266 g/mol. The Labute approximate surface area is 125 Å². The number of hydrogen-bond donors (Lipinski definition) is 2. The van der Waals surface area contributed by atoms with Gasteiger partial charge in [0.1, 0.15) is 0 Å². The lowest BCUT2D eigenvalue weighted by Gasteiger charge is -2.29. The second-order valence-electron chi connectivity index (χ2n) is 5.80. The summed E-state index contributed by atoms with van der Waals surface area (Å²) < 4.78 is 5.37. The molecule has 2 amide bonds. The van der Waals surface area contributed by atoms with Crippen molar-refractivity contribution in [2.45, 2.75) is 31.8 Å². The van der Waals surface area contributed by atoms with E-state index in [0.29, 0.717) is 6.04 Å². The summed E-state index contributed by atoms with van der Waals surface area (Å²) >= 11 is 0. The van der Waals surface area contributed by atoms with Gasteiger partial charge in [0, 0.05) is 24.8 Å². The van der Waals surface area contributed by atoms with Gasteiger partial charge in [-0.25, -0.2) is 4.79 Å². The van der Waals surface area contributed by atoms with E-state index in [1.54, 1.807) is 0 Å². The molecule has 1 aliphatic heterocycles. The van der Waals surface area contributed by atoms with E-state index in [-0.39, 0.29) is 12.1 Å². The van der Waals surface area contributed by atoms with Crippen LogP contribution in [0.15, 0.2) is 24.3 Å². The number of amides is 2. The average Bonchev–Trinajstić information content (AvgIpc) is 3.32. The summed E-state index contributed by atoms with van der Waals surface area (Å²) in [5.41, 5.74) is 2.34. The van der Waals surface area contributed by atoms with E-state index in [4.69, 9.17) is 4.74 Å². The van der Waals surface area contributed by atoms with Gasteiger partial charge in [-0.15, -0.1) is 0 Å². The largest absolute Gasteiger partial charge is 0.378 e. The number of carbonyl (C=O) groups excluding carboxylic acids is 1. The Morgan fingerprint density at radius 1 is 1.24 bits per heavy atom. The van der Waals surface area contributed by atoms with Crippen LogP contribution in [0.5, 0.6) is 0 Å². The predicted molar refractivity (Wildman–Crippen MR) is 82.6 cm³/mol. The van der Waals surface area contributed by atoms with Crippen molar-refractivity contribution in [2.24, 2.45) is 0 Å². The van der Waals surface area contributed by atoms with Gasteiger partial charge >= 0.3 is 6.03 Å². The summed E-state index contributed by atoms with van der Waals surface area (Å²) in [5, 5.41) is 5.93. The van der Waals surface area contributed by atoms with Crippen molar-refractivity contribution >= 4 is 11.7 Å². The van der Waals surface area contributed by atoms with Crippen LogP contribution in [0.25, 0.3) is 0 Å². The summed E-state index contributed by atoms with van der Waals surface area (Å²) in [4.78, 5) is 14.1. The van der Waals surface area contributed by atoms with Gasteiger partial charge in [-0.2, -0.15) is 0 Å². The van der Waals surface area contributed by atoms with Crippen molar-refractivity contribution in [2.75, 3.05) is 31.2 Å². The Bertz CT molecular complexity index is 479. The molecule has 0 radical (unpaired) electrons. The summed E-state index contributed by atoms with van der Waals surface area (Å²) in [5.74, 6) is 0. The fourth-order valence-electron chi connectivity index (χ4n) is 2.53. The monoisotopic (exact) mass is 289 g/mol. The van der Waals surface area contributed by atoms with Crippen molar-refractivity contribution in [3.8, 4) is 0 Å². The molecule has 1 aliphatic carbocycles. The predicted octanol–water partition coefficient (Wildman–Crippen LogP) is 2.05. The SMILES string of the molecule is CC(NC(=O)NC1CC1)c1ccc(N2CCOCC2)cc1. The number of nitrogens with one attached hydrogen (secondary N) is 2. The van der Waals surface area contributed by atoms with Crippen molar-refractivity contribution in [1.29, 1.82) is 0 Å². The maximum atomic E-state index is 11.7. The zero-order chi connectivity index (χ0) is 14.7. The maximum Gasteiger partial charge on any atom is 0.315 e. The second kappa shape index (κ2) is 6.35. The fraction of sp³-hybridized carbons (Fsp3) is 0.562. The molecule has 0 spiro atoms. The van der Waals surface area contributed by atoms with Crippen molar-refractivity contribution in [1.82, 2.24) is 10.6 Å². The maximum absolute atomic E-state index is 11.7. The van der Waals surface area contributed by atoms with Gasteiger partial charge in [-0.3, -0.25) is 0 Å². The molecule has 3 rings (SSSR count). The molecule has 21 heavy (non-hydrogen) atoms. The third-order valence-electron chi connectivity index (χ3n) is 4.03. The van der Waals surface area contributed by atoms with E-state index in [9.17, 15) is 4.79 Å². The molecule has 5 nitrogen and oxygen atoms in total. The van der Waals surface area contributed by atoms with Gasteiger partial charge < -0.3 is 20.3 Å². The molecule has 0 aromatic heterocycles. The molecule has 114 valence electrons. The lowest BCUT2D eigenvalue weighted by Crippen LogP contribution is -2.38. The van der Waals surface area contributed by atoms with Crippen LogP contribution >= 0.6 is 0 Å². The van der Waals surface area contributed by atoms with Crippen LogP contribution in [0.4, 0.5) is 10.5 Å². The highest BCUT2D eigenvalue weighted by Crippen LogP contribution is 2.21. The first-order valence-corrected chi connectivity index (χ1v) is 7.72. The van der Waals surface area contributed by atoms with E-state index in [1.165, 1.54) is 5.69 Å². The molecule has 1 aromatic rings. The molecule has 5 heteroatoms. The van der Waals surface area contributed by atoms with Gasteiger partial charge in [0.2, 0.25) is 0 Å². The van der Waals surface area contributed by atoms with E-state index < -0.39 is 0 Å². The van der Waals surface area contributed by atoms with E-state index in [2.05, 4.69) is 39.8 Å². The van der Waals surface area contributed by atoms with Crippen LogP contribution < -0.4 is 15.5 Å². The minimum Gasteiger partial charge on any atom is -0.378 e. The highest BCUT2D eigenvalue weighted by atomic mass is 16.5. The van der Waals surface area contributed by atoms with Crippen molar-refractivity contribution < 1.29 is 9.53 Å². The smallest absolute Gasteiger partial charge is 0.315 e. The van der Waals surface area contributed by atoms with Gasteiger partial charge in [-0.05, 0) is 37.5 Å². The quantitative estimate of drug-likeness (QED) is 0.892. The fourth-order valence-corrected chi connectivity index (χ4v) is 2.53. The number of ether oxygens (including phenoxy) is 1. The van der Waals surface area contributed by atoms with Crippen LogP contribution in [0.1, 0.15) is 31.4 Å². The minimum absolute atomic E-state index is 0.0162. The molecule has 1 aromatic carbocycles. The van der Waals surface area contributed by atoms with E-state index in [1.807, 2.05) is 6.92 Å². The molecule has 1 heterocycles. The molecule has 1 unspecified atom stereocenters.